The molecule has 16 heavy (non-hydrogen) atoms. The molecule has 2 nitrogen and oxygen atoms in total. The Morgan fingerprint density at radius 1 is 1.50 bits per heavy atom. The van der Waals surface area contributed by atoms with E-state index in [-0.39, 0.29) is 6.10 Å². The van der Waals surface area contributed by atoms with E-state index in [0.29, 0.717) is 6.61 Å². The molecule has 2 heteroatoms. The molecule has 0 spiro atoms. The van der Waals surface area contributed by atoms with E-state index >= 15 is 0 Å². The molecule has 0 amide bonds. The van der Waals surface area contributed by atoms with Gasteiger partial charge in [0.05, 0.1) is 11.7 Å². The maximum Gasteiger partial charge on any atom is 0.0734 e. The third kappa shape index (κ3) is 2.83. The van der Waals surface area contributed by atoms with Crippen LogP contribution in [0.3, 0.4) is 0 Å². The Morgan fingerprint density at radius 3 is 3.00 bits per heavy atom. The standard InChI is InChI=1S/C14H20O2/c1-11-4-3-5-13(8-11)10-14(15)6-7-16-12(2)9-14/h3-5,8,12,15H,6-7,9-10H2,1-2H3. The number of aliphatic hydroxyl groups is 1. The van der Waals surface area contributed by atoms with Gasteiger partial charge in [-0.05, 0) is 25.8 Å². The zero-order valence-corrected chi connectivity index (χ0v) is 10.1. The van der Waals surface area contributed by atoms with E-state index in [9.17, 15) is 5.11 Å². The third-order valence-corrected chi connectivity index (χ3v) is 3.25. The van der Waals surface area contributed by atoms with Crippen molar-refractivity contribution in [3.05, 3.63) is 35.4 Å². The van der Waals surface area contributed by atoms with Crippen LogP contribution >= 0.6 is 0 Å². The summed E-state index contributed by atoms with van der Waals surface area (Å²) in [6.07, 6.45) is 2.39. The van der Waals surface area contributed by atoms with Gasteiger partial charge in [0.15, 0.2) is 0 Å². The van der Waals surface area contributed by atoms with Crippen molar-refractivity contribution in [2.45, 2.75) is 44.8 Å². The van der Waals surface area contributed by atoms with Crippen LogP contribution in [-0.4, -0.2) is 23.4 Å². The predicted octanol–water partition coefficient (Wildman–Crippen LogP) is 2.47. The first-order chi connectivity index (χ1) is 7.57. The Hall–Kier alpha value is -0.860. The number of benzene rings is 1. The molecule has 1 aromatic carbocycles. The Labute approximate surface area is 97.3 Å². The summed E-state index contributed by atoms with van der Waals surface area (Å²) in [6.45, 7) is 4.78. The summed E-state index contributed by atoms with van der Waals surface area (Å²) in [6, 6.07) is 8.38. The second-order valence-electron chi connectivity index (χ2n) is 5.03. The van der Waals surface area contributed by atoms with E-state index in [4.69, 9.17) is 4.74 Å². The Balaban J connectivity index is 2.08. The van der Waals surface area contributed by atoms with Crippen molar-refractivity contribution in [2.75, 3.05) is 6.61 Å². The van der Waals surface area contributed by atoms with Crippen molar-refractivity contribution in [3.63, 3.8) is 0 Å². The molecule has 2 unspecified atom stereocenters. The molecule has 0 aromatic heterocycles. The normalized spacial score (nSPS) is 30.3. The summed E-state index contributed by atoms with van der Waals surface area (Å²) in [5, 5.41) is 10.5. The van der Waals surface area contributed by atoms with Gasteiger partial charge < -0.3 is 9.84 Å². The smallest absolute Gasteiger partial charge is 0.0734 e. The van der Waals surface area contributed by atoms with Crippen LogP contribution in [0.25, 0.3) is 0 Å². The van der Waals surface area contributed by atoms with E-state index in [1.807, 2.05) is 6.92 Å². The first kappa shape index (κ1) is 11.6. The summed E-state index contributed by atoms with van der Waals surface area (Å²) in [7, 11) is 0. The first-order valence-corrected chi connectivity index (χ1v) is 5.97. The highest BCUT2D eigenvalue weighted by Gasteiger charge is 2.33. The van der Waals surface area contributed by atoms with E-state index in [2.05, 4.69) is 31.2 Å². The molecule has 0 bridgehead atoms. The summed E-state index contributed by atoms with van der Waals surface area (Å²) in [5.74, 6) is 0. The monoisotopic (exact) mass is 220 g/mol. The van der Waals surface area contributed by atoms with Crippen molar-refractivity contribution in [1.29, 1.82) is 0 Å². The number of hydrogen-bond donors (Lipinski definition) is 1. The lowest BCUT2D eigenvalue weighted by molar-refractivity contribution is -0.0961. The minimum absolute atomic E-state index is 0.170. The van der Waals surface area contributed by atoms with Gasteiger partial charge >= 0.3 is 0 Å². The molecule has 88 valence electrons. The maximum atomic E-state index is 10.5. The average molecular weight is 220 g/mol. The number of ether oxygens (including phenoxy) is 1. The lowest BCUT2D eigenvalue weighted by Gasteiger charge is -2.35. The Morgan fingerprint density at radius 2 is 2.31 bits per heavy atom. The van der Waals surface area contributed by atoms with Crippen LogP contribution in [0.1, 0.15) is 30.9 Å². The molecule has 0 aliphatic carbocycles. The fourth-order valence-electron chi connectivity index (χ4n) is 2.51. The predicted molar refractivity (Wildman–Crippen MR) is 64.5 cm³/mol. The molecule has 1 fully saturated rings. The summed E-state index contributed by atoms with van der Waals surface area (Å²) in [5.41, 5.74) is 1.89. The summed E-state index contributed by atoms with van der Waals surface area (Å²) in [4.78, 5) is 0. The molecule has 0 saturated carbocycles. The fraction of sp³-hybridized carbons (Fsp3) is 0.571. The highest BCUT2D eigenvalue weighted by Crippen LogP contribution is 2.28. The van der Waals surface area contributed by atoms with Crippen LogP contribution in [0.15, 0.2) is 24.3 Å². The molecule has 1 heterocycles. The molecular formula is C14H20O2. The van der Waals surface area contributed by atoms with E-state index < -0.39 is 5.60 Å². The molecule has 1 saturated heterocycles. The van der Waals surface area contributed by atoms with Crippen LogP contribution in [0, 0.1) is 6.92 Å². The molecular weight excluding hydrogens is 200 g/mol. The Bertz CT molecular complexity index is 362. The van der Waals surface area contributed by atoms with E-state index in [1.54, 1.807) is 0 Å². The molecule has 1 aromatic rings. The topological polar surface area (TPSA) is 29.5 Å². The van der Waals surface area contributed by atoms with Crippen LogP contribution in [0.5, 0.6) is 0 Å². The number of hydrogen-bond acceptors (Lipinski definition) is 2. The van der Waals surface area contributed by atoms with Gasteiger partial charge in [0.25, 0.3) is 0 Å². The van der Waals surface area contributed by atoms with Crippen LogP contribution < -0.4 is 0 Å². The van der Waals surface area contributed by atoms with Gasteiger partial charge in [0.2, 0.25) is 0 Å². The van der Waals surface area contributed by atoms with Gasteiger partial charge in [-0.25, -0.2) is 0 Å². The summed E-state index contributed by atoms with van der Waals surface area (Å²) >= 11 is 0. The van der Waals surface area contributed by atoms with Crippen LogP contribution in [0.2, 0.25) is 0 Å². The second-order valence-corrected chi connectivity index (χ2v) is 5.03. The van der Waals surface area contributed by atoms with Gasteiger partial charge in [-0.1, -0.05) is 29.8 Å². The molecule has 2 rings (SSSR count). The van der Waals surface area contributed by atoms with Crippen LogP contribution in [-0.2, 0) is 11.2 Å². The van der Waals surface area contributed by atoms with Crippen molar-refractivity contribution in [2.24, 2.45) is 0 Å². The van der Waals surface area contributed by atoms with E-state index in [0.717, 1.165) is 19.3 Å². The molecule has 1 N–H and O–H groups in total. The molecule has 2 atom stereocenters. The fourth-order valence-corrected chi connectivity index (χ4v) is 2.51. The van der Waals surface area contributed by atoms with Crippen molar-refractivity contribution < 1.29 is 9.84 Å². The Kier molecular flexibility index (Phi) is 3.31. The van der Waals surface area contributed by atoms with Gasteiger partial charge in [-0.3, -0.25) is 0 Å². The second kappa shape index (κ2) is 4.56. The lowest BCUT2D eigenvalue weighted by Crippen LogP contribution is -2.41. The first-order valence-electron chi connectivity index (χ1n) is 5.97. The molecule has 0 radical (unpaired) electrons. The minimum Gasteiger partial charge on any atom is -0.389 e. The highest BCUT2D eigenvalue weighted by atomic mass is 16.5. The largest absolute Gasteiger partial charge is 0.389 e. The quantitative estimate of drug-likeness (QED) is 0.829. The van der Waals surface area contributed by atoms with Gasteiger partial charge in [-0.15, -0.1) is 0 Å². The molecule has 1 aliphatic heterocycles. The van der Waals surface area contributed by atoms with Crippen LogP contribution in [0.4, 0.5) is 0 Å². The maximum absolute atomic E-state index is 10.5. The zero-order chi connectivity index (χ0) is 11.6. The number of aryl methyl sites for hydroxylation is 1. The summed E-state index contributed by atoms with van der Waals surface area (Å²) < 4.78 is 5.47. The molecule has 1 aliphatic rings. The van der Waals surface area contributed by atoms with E-state index in [1.165, 1.54) is 11.1 Å². The van der Waals surface area contributed by atoms with Gasteiger partial charge in [0.1, 0.15) is 0 Å². The average Bonchev–Trinajstić information content (AvgIpc) is 2.16. The van der Waals surface area contributed by atoms with Crippen molar-refractivity contribution >= 4 is 0 Å². The zero-order valence-electron chi connectivity index (χ0n) is 10.1. The third-order valence-electron chi connectivity index (χ3n) is 3.25. The van der Waals surface area contributed by atoms with Gasteiger partial charge in [0, 0.05) is 19.4 Å². The van der Waals surface area contributed by atoms with Gasteiger partial charge in [-0.2, -0.15) is 0 Å². The minimum atomic E-state index is -0.578. The SMILES string of the molecule is Cc1cccc(CC2(O)CCOC(C)C2)c1. The highest BCUT2D eigenvalue weighted by molar-refractivity contribution is 5.23. The lowest BCUT2D eigenvalue weighted by atomic mass is 9.85. The van der Waals surface area contributed by atoms with Crippen molar-refractivity contribution in [1.82, 2.24) is 0 Å². The number of rotatable bonds is 2. The van der Waals surface area contributed by atoms with Crippen molar-refractivity contribution in [3.8, 4) is 0 Å².